The van der Waals surface area contributed by atoms with Gasteiger partial charge < -0.3 is 15.1 Å². The average molecular weight is 257 g/mol. The van der Waals surface area contributed by atoms with Gasteiger partial charge in [-0.15, -0.1) is 0 Å². The second-order valence-corrected chi connectivity index (χ2v) is 4.79. The van der Waals surface area contributed by atoms with Gasteiger partial charge in [-0.1, -0.05) is 42.5 Å². The maximum absolute atomic E-state index is 10.2. The molecule has 2 rings (SSSR count). The highest BCUT2D eigenvalue weighted by Gasteiger charge is 2.19. The zero-order chi connectivity index (χ0) is 13.8. The van der Waals surface area contributed by atoms with Crippen LogP contribution < -0.4 is 4.90 Å². The van der Waals surface area contributed by atoms with Crippen molar-refractivity contribution in [3.05, 3.63) is 65.7 Å². The molecule has 2 atom stereocenters. The quantitative estimate of drug-likeness (QED) is 0.884. The summed E-state index contributed by atoms with van der Waals surface area (Å²) in [6.45, 7) is 0. The first-order valence-corrected chi connectivity index (χ1v) is 6.28. The van der Waals surface area contributed by atoms with Gasteiger partial charge in [-0.3, -0.25) is 0 Å². The molecule has 0 heterocycles. The average Bonchev–Trinajstić information content (AvgIpc) is 2.46. The molecule has 0 aromatic heterocycles. The Kier molecular flexibility index (Phi) is 4.20. The topological polar surface area (TPSA) is 43.7 Å². The van der Waals surface area contributed by atoms with Crippen molar-refractivity contribution in [3.8, 4) is 0 Å². The number of hydrogen-bond acceptors (Lipinski definition) is 3. The van der Waals surface area contributed by atoms with Crippen LogP contribution in [0.25, 0.3) is 0 Å². The molecule has 3 nitrogen and oxygen atoms in total. The van der Waals surface area contributed by atoms with Crippen LogP contribution in [0.3, 0.4) is 0 Å². The van der Waals surface area contributed by atoms with Crippen LogP contribution in [0.15, 0.2) is 54.6 Å². The van der Waals surface area contributed by atoms with Crippen LogP contribution in [0.1, 0.15) is 23.3 Å². The summed E-state index contributed by atoms with van der Waals surface area (Å²) >= 11 is 0. The molecule has 100 valence electrons. The molecule has 0 spiro atoms. The Bertz CT molecular complexity index is 508. The van der Waals surface area contributed by atoms with Crippen molar-refractivity contribution in [2.75, 3.05) is 19.0 Å². The first kappa shape index (κ1) is 13.6. The fourth-order valence-corrected chi connectivity index (χ4v) is 1.98. The molecule has 0 radical (unpaired) electrons. The first-order valence-electron chi connectivity index (χ1n) is 6.28. The van der Waals surface area contributed by atoms with Crippen LogP contribution in [0.5, 0.6) is 0 Å². The van der Waals surface area contributed by atoms with Crippen molar-refractivity contribution in [2.24, 2.45) is 0 Å². The van der Waals surface area contributed by atoms with Crippen LogP contribution in [-0.2, 0) is 0 Å². The molecule has 0 saturated carbocycles. The molecule has 0 bridgehead atoms. The summed E-state index contributed by atoms with van der Waals surface area (Å²) in [5, 5.41) is 20.4. The smallest absolute Gasteiger partial charge is 0.109 e. The molecule has 2 N–H and O–H groups in total. The van der Waals surface area contributed by atoms with Crippen molar-refractivity contribution in [1.29, 1.82) is 0 Å². The third-order valence-corrected chi connectivity index (χ3v) is 3.19. The Hall–Kier alpha value is -1.84. The van der Waals surface area contributed by atoms with E-state index in [4.69, 9.17) is 0 Å². The van der Waals surface area contributed by atoms with Gasteiger partial charge in [0.05, 0.1) is 0 Å². The van der Waals surface area contributed by atoms with Gasteiger partial charge in [0.2, 0.25) is 0 Å². The summed E-state index contributed by atoms with van der Waals surface area (Å²) in [5.74, 6) is 0. The van der Waals surface area contributed by atoms with E-state index in [1.807, 2.05) is 73.6 Å². The van der Waals surface area contributed by atoms with E-state index >= 15 is 0 Å². The van der Waals surface area contributed by atoms with Crippen molar-refractivity contribution >= 4 is 5.69 Å². The molecule has 0 aliphatic rings. The van der Waals surface area contributed by atoms with Gasteiger partial charge in [0, 0.05) is 19.8 Å². The van der Waals surface area contributed by atoms with E-state index in [1.165, 1.54) is 0 Å². The lowest BCUT2D eigenvalue weighted by Crippen LogP contribution is -2.11. The van der Waals surface area contributed by atoms with Gasteiger partial charge in [-0.05, 0) is 23.3 Å². The minimum Gasteiger partial charge on any atom is -0.385 e. The van der Waals surface area contributed by atoms with Gasteiger partial charge in [-0.25, -0.2) is 0 Å². The zero-order valence-electron chi connectivity index (χ0n) is 11.2. The number of rotatable bonds is 4. The second kappa shape index (κ2) is 5.87. The maximum Gasteiger partial charge on any atom is 0.109 e. The lowest BCUT2D eigenvalue weighted by Gasteiger charge is -2.20. The lowest BCUT2D eigenvalue weighted by molar-refractivity contribution is 0.0172. The summed E-state index contributed by atoms with van der Waals surface area (Å²) in [5.41, 5.74) is 2.48. The Morgan fingerprint density at radius 2 is 1.21 bits per heavy atom. The number of anilines is 1. The van der Waals surface area contributed by atoms with Gasteiger partial charge in [0.15, 0.2) is 0 Å². The predicted octanol–water partition coefficient (Wildman–Crippen LogP) is 2.52. The van der Waals surface area contributed by atoms with Crippen LogP contribution in [0.2, 0.25) is 0 Å². The molecule has 0 fully saturated rings. The highest BCUT2D eigenvalue weighted by atomic mass is 16.3. The van der Waals surface area contributed by atoms with E-state index in [-0.39, 0.29) is 0 Å². The van der Waals surface area contributed by atoms with Crippen molar-refractivity contribution < 1.29 is 10.2 Å². The highest BCUT2D eigenvalue weighted by Crippen LogP contribution is 2.29. The van der Waals surface area contributed by atoms with Gasteiger partial charge in [0.25, 0.3) is 0 Å². The van der Waals surface area contributed by atoms with Gasteiger partial charge in [-0.2, -0.15) is 0 Å². The van der Waals surface area contributed by atoms with E-state index in [0.717, 1.165) is 5.69 Å². The summed E-state index contributed by atoms with van der Waals surface area (Å²) in [6, 6.07) is 16.7. The molecule has 2 aromatic carbocycles. The molecule has 19 heavy (non-hydrogen) atoms. The predicted molar refractivity (Wildman–Crippen MR) is 77.1 cm³/mol. The Morgan fingerprint density at radius 1 is 0.737 bits per heavy atom. The van der Waals surface area contributed by atoms with E-state index in [0.29, 0.717) is 11.1 Å². The van der Waals surface area contributed by atoms with Crippen LogP contribution in [0, 0.1) is 0 Å². The highest BCUT2D eigenvalue weighted by molar-refractivity contribution is 5.46. The normalized spacial score (nSPS) is 13.9. The molecular formula is C16H19NO2. The Labute approximate surface area is 113 Å². The van der Waals surface area contributed by atoms with E-state index in [9.17, 15) is 10.2 Å². The fourth-order valence-electron chi connectivity index (χ4n) is 1.98. The Morgan fingerprint density at radius 3 is 1.68 bits per heavy atom. The van der Waals surface area contributed by atoms with Gasteiger partial charge >= 0.3 is 0 Å². The summed E-state index contributed by atoms with van der Waals surface area (Å²) in [4.78, 5) is 1.99. The zero-order valence-corrected chi connectivity index (χ0v) is 11.2. The number of aliphatic hydroxyl groups excluding tert-OH is 2. The SMILES string of the molecule is CN(C)c1ccc(C(O)C(O)c2ccccc2)cc1. The fraction of sp³-hybridized carbons (Fsp3) is 0.250. The third-order valence-electron chi connectivity index (χ3n) is 3.19. The van der Waals surface area contributed by atoms with Crippen molar-refractivity contribution in [3.63, 3.8) is 0 Å². The summed E-state index contributed by atoms with van der Waals surface area (Å²) in [7, 11) is 3.93. The second-order valence-electron chi connectivity index (χ2n) is 4.79. The van der Waals surface area contributed by atoms with Gasteiger partial charge in [0.1, 0.15) is 12.2 Å². The molecule has 0 aliphatic carbocycles. The number of benzene rings is 2. The molecule has 2 aromatic rings. The molecule has 0 amide bonds. The van der Waals surface area contributed by atoms with Crippen LogP contribution in [-0.4, -0.2) is 24.3 Å². The lowest BCUT2D eigenvalue weighted by atomic mass is 9.98. The largest absolute Gasteiger partial charge is 0.385 e. The van der Waals surface area contributed by atoms with Crippen molar-refractivity contribution in [1.82, 2.24) is 0 Å². The van der Waals surface area contributed by atoms with Crippen LogP contribution in [0.4, 0.5) is 5.69 Å². The Balaban J connectivity index is 2.17. The minimum atomic E-state index is -0.918. The van der Waals surface area contributed by atoms with E-state index < -0.39 is 12.2 Å². The number of hydrogen-bond donors (Lipinski definition) is 2. The molecule has 0 saturated heterocycles. The monoisotopic (exact) mass is 257 g/mol. The molecule has 0 aliphatic heterocycles. The molecule has 3 heteroatoms. The first-order chi connectivity index (χ1) is 9.09. The van der Waals surface area contributed by atoms with E-state index in [1.54, 1.807) is 0 Å². The van der Waals surface area contributed by atoms with E-state index in [2.05, 4.69) is 0 Å². The minimum absolute atomic E-state index is 0.710. The maximum atomic E-state index is 10.2. The van der Waals surface area contributed by atoms with Crippen molar-refractivity contribution in [2.45, 2.75) is 12.2 Å². The number of nitrogens with zero attached hydrogens (tertiary/aromatic N) is 1. The van der Waals surface area contributed by atoms with Crippen LogP contribution >= 0.6 is 0 Å². The summed E-state index contributed by atoms with van der Waals surface area (Å²) in [6.07, 6.45) is -1.83. The molecule has 2 unspecified atom stereocenters. The molecular weight excluding hydrogens is 238 g/mol. The third kappa shape index (κ3) is 3.13. The standard InChI is InChI=1S/C16H19NO2/c1-17(2)14-10-8-13(9-11-14)16(19)15(18)12-6-4-3-5-7-12/h3-11,15-16,18-19H,1-2H3. The number of aliphatic hydroxyl groups is 2. The summed E-state index contributed by atoms with van der Waals surface area (Å²) < 4.78 is 0.